The molecule has 142 valence electrons. The van der Waals surface area contributed by atoms with Crippen LogP contribution in [-0.2, 0) is 27.4 Å². The molecule has 27 heavy (non-hydrogen) atoms. The van der Waals surface area contributed by atoms with Crippen molar-refractivity contribution in [3.05, 3.63) is 45.5 Å². The summed E-state index contributed by atoms with van der Waals surface area (Å²) in [5.74, 6) is -0.740. The van der Waals surface area contributed by atoms with Crippen LogP contribution in [-0.4, -0.2) is 32.8 Å². The Morgan fingerprint density at radius 1 is 1.26 bits per heavy atom. The molecule has 0 radical (unpaired) electrons. The van der Waals surface area contributed by atoms with Gasteiger partial charge in [0.05, 0.1) is 22.5 Å². The molecule has 2 aromatic heterocycles. The topological polar surface area (TPSA) is 78.5 Å². The molecule has 7 nitrogen and oxygen atoms in total. The van der Waals surface area contributed by atoms with Gasteiger partial charge < -0.3 is 9.30 Å². The van der Waals surface area contributed by atoms with Crippen LogP contribution in [0, 0.1) is 13.8 Å². The summed E-state index contributed by atoms with van der Waals surface area (Å²) in [4.78, 5) is 29.1. The van der Waals surface area contributed by atoms with E-state index in [4.69, 9.17) is 16.3 Å². The Morgan fingerprint density at radius 2 is 2.04 bits per heavy atom. The summed E-state index contributed by atoms with van der Waals surface area (Å²) in [7, 11) is 0. The molecule has 0 aliphatic carbocycles. The molecule has 0 N–H and O–H groups in total. The SMILES string of the molecule is CCOC(=O)Cn1c(=NC(=O)Cn2nc(C)cc2C)sc2cc(Cl)ccc21. The van der Waals surface area contributed by atoms with Crippen LogP contribution in [0.25, 0.3) is 10.2 Å². The first-order valence-electron chi connectivity index (χ1n) is 8.40. The van der Waals surface area contributed by atoms with E-state index in [9.17, 15) is 9.59 Å². The van der Waals surface area contributed by atoms with Crippen LogP contribution in [0.1, 0.15) is 18.3 Å². The number of halogens is 1. The summed E-state index contributed by atoms with van der Waals surface area (Å²) in [6, 6.07) is 7.22. The van der Waals surface area contributed by atoms with E-state index >= 15 is 0 Å². The van der Waals surface area contributed by atoms with E-state index in [2.05, 4.69) is 10.1 Å². The lowest BCUT2D eigenvalue weighted by Gasteiger charge is -2.05. The average molecular weight is 407 g/mol. The monoisotopic (exact) mass is 406 g/mol. The van der Waals surface area contributed by atoms with E-state index in [-0.39, 0.29) is 31.6 Å². The van der Waals surface area contributed by atoms with E-state index in [1.807, 2.05) is 19.9 Å². The maximum absolute atomic E-state index is 12.5. The standard InChI is InChI=1S/C18H19ClN4O3S/c1-4-26-17(25)10-22-14-6-5-13(19)8-15(14)27-18(22)20-16(24)9-23-12(3)7-11(2)21-23/h5-8H,4,9-10H2,1-3H3. The van der Waals surface area contributed by atoms with E-state index in [0.29, 0.717) is 9.82 Å². The summed E-state index contributed by atoms with van der Waals surface area (Å²) in [5.41, 5.74) is 2.50. The van der Waals surface area contributed by atoms with Gasteiger partial charge in [-0.1, -0.05) is 22.9 Å². The molecule has 0 spiro atoms. The van der Waals surface area contributed by atoms with Crippen molar-refractivity contribution in [2.75, 3.05) is 6.61 Å². The summed E-state index contributed by atoms with van der Waals surface area (Å²) in [5, 5.41) is 4.86. The third-order valence-electron chi connectivity index (χ3n) is 3.85. The Balaban J connectivity index is 2.00. The second-order valence-corrected chi connectivity index (χ2v) is 7.42. The molecule has 0 saturated heterocycles. The first-order valence-corrected chi connectivity index (χ1v) is 9.60. The van der Waals surface area contributed by atoms with Crippen molar-refractivity contribution in [3.63, 3.8) is 0 Å². The van der Waals surface area contributed by atoms with E-state index < -0.39 is 0 Å². The van der Waals surface area contributed by atoms with Crippen molar-refractivity contribution < 1.29 is 14.3 Å². The number of aryl methyl sites for hydroxylation is 2. The predicted octanol–water partition coefficient (Wildman–Crippen LogP) is 2.86. The van der Waals surface area contributed by atoms with Crippen molar-refractivity contribution in [1.82, 2.24) is 14.3 Å². The largest absolute Gasteiger partial charge is 0.465 e. The fourth-order valence-electron chi connectivity index (χ4n) is 2.73. The molecule has 0 aliphatic rings. The van der Waals surface area contributed by atoms with Crippen LogP contribution in [0.2, 0.25) is 5.02 Å². The van der Waals surface area contributed by atoms with Gasteiger partial charge in [-0.25, -0.2) is 0 Å². The summed E-state index contributed by atoms with van der Waals surface area (Å²) >= 11 is 7.37. The highest BCUT2D eigenvalue weighted by molar-refractivity contribution is 7.16. The van der Waals surface area contributed by atoms with Crippen LogP contribution < -0.4 is 4.80 Å². The summed E-state index contributed by atoms with van der Waals surface area (Å²) in [6.07, 6.45) is 0. The Labute approximate surface area is 164 Å². The number of fused-ring (bicyclic) bond motifs is 1. The normalized spacial score (nSPS) is 11.9. The van der Waals surface area contributed by atoms with Crippen molar-refractivity contribution in [1.29, 1.82) is 0 Å². The van der Waals surface area contributed by atoms with E-state index in [1.54, 1.807) is 34.4 Å². The second-order valence-electron chi connectivity index (χ2n) is 5.98. The first kappa shape index (κ1) is 19.3. The van der Waals surface area contributed by atoms with Crippen LogP contribution in [0.3, 0.4) is 0 Å². The van der Waals surface area contributed by atoms with Crippen LogP contribution in [0.4, 0.5) is 0 Å². The average Bonchev–Trinajstić information content (AvgIpc) is 3.06. The van der Waals surface area contributed by atoms with Crippen LogP contribution in [0.15, 0.2) is 29.3 Å². The van der Waals surface area contributed by atoms with Gasteiger partial charge in [-0.05, 0) is 45.0 Å². The van der Waals surface area contributed by atoms with Crippen molar-refractivity contribution in [2.24, 2.45) is 4.99 Å². The number of hydrogen-bond donors (Lipinski definition) is 0. The van der Waals surface area contributed by atoms with Gasteiger partial charge >= 0.3 is 5.97 Å². The van der Waals surface area contributed by atoms with Crippen molar-refractivity contribution in [2.45, 2.75) is 33.9 Å². The molecule has 3 rings (SSSR count). The summed E-state index contributed by atoms with van der Waals surface area (Å²) in [6.45, 7) is 5.80. The maximum atomic E-state index is 12.5. The first-order chi connectivity index (χ1) is 12.9. The molecule has 9 heteroatoms. The molecule has 2 heterocycles. The molecule has 0 saturated carbocycles. The van der Waals surface area contributed by atoms with Gasteiger partial charge in [0.15, 0.2) is 4.80 Å². The number of rotatable bonds is 5. The number of ether oxygens (including phenoxy) is 1. The number of nitrogens with zero attached hydrogens (tertiary/aromatic N) is 4. The Bertz CT molecular complexity index is 1080. The number of carbonyl (C=O) groups excluding carboxylic acids is 2. The molecular formula is C18H19ClN4O3S. The molecule has 0 unspecified atom stereocenters. The van der Waals surface area contributed by atoms with Gasteiger partial charge in [-0.15, -0.1) is 0 Å². The second kappa shape index (κ2) is 8.06. The van der Waals surface area contributed by atoms with E-state index in [0.717, 1.165) is 21.6 Å². The van der Waals surface area contributed by atoms with Crippen LogP contribution in [0.5, 0.6) is 0 Å². The van der Waals surface area contributed by atoms with Gasteiger partial charge in [0.1, 0.15) is 13.1 Å². The lowest BCUT2D eigenvalue weighted by molar-refractivity contribution is -0.143. The lowest BCUT2D eigenvalue weighted by atomic mass is 10.3. The highest BCUT2D eigenvalue weighted by Crippen LogP contribution is 2.22. The van der Waals surface area contributed by atoms with Crippen molar-refractivity contribution >= 4 is 45.0 Å². The molecule has 3 aromatic rings. The number of hydrogen-bond acceptors (Lipinski definition) is 5. The zero-order valence-corrected chi connectivity index (χ0v) is 16.8. The molecule has 1 amide bonds. The molecule has 0 bridgehead atoms. The highest BCUT2D eigenvalue weighted by Gasteiger charge is 2.13. The zero-order chi connectivity index (χ0) is 19.6. The molecule has 0 aliphatic heterocycles. The Morgan fingerprint density at radius 3 is 2.70 bits per heavy atom. The lowest BCUT2D eigenvalue weighted by Crippen LogP contribution is -2.24. The third kappa shape index (κ3) is 4.45. The number of carbonyl (C=O) groups is 2. The third-order valence-corrected chi connectivity index (χ3v) is 5.12. The highest BCUT2D eigenvalue weighted by atomic mass is 35.5. The number of thiazole rings is 1. The minimum atomic E-state index is -0.389. The van der Waals surface area contributed by atoms with Gasteiger partial charge in [0, 0.05) is 10.7 Å². The number of esters is 1. The van der Waals surface area contributed by atoms with Gasteiger partial charge in [0.25, 0.3) is 5.91 Å². The minimum absolute atomic E-state index is 0.0263. The fraction of sp³-hybridized carbons (Fsp3) is 0.333. The van der Waals surface area contributed by atoms with Gasteiger partial charge in [-0.3, -0.25) is 14.3 Å². The van der Waals surface area contributed by atoms with Gasteiger partial charge in [0.2, 0.25) is 0 Å². The Kier molecular flexibility index (Phi) is 5.76. The molecule has 1 aromatic carbocycles. The minimum Gasteiger partial charge on any atom is -0.465 e. The summed E-state index contributed by atoms with van der Waals surface area (Å²) < 4.78 is 9.16. The number of amides is 1. The zero-order valence-electron chi connectivity index (χ0n) is 15.2. The molecule has 0 atom stereocenters. The van der Waals surface area contributed by atoms with Crippen molar-refractivity contribution in [3.8, 4) is 0 Å². The fourth-order valence-corrected chi connectivity index (χ4v) is 4.05. The Hall–Kier alpha value is -2.45. The number of aromatic nitrogens is 3. The van der Waals surface area contributed by atoms with Gasteiger partial charge in [-0.2, -0.15) is 10.1 Å². The molecule has 0 fully saturated rings. The quantitative estimate of drug-likeness (QED) is 0.610. The van der Waals surface area contributed by atoms with Crippen LogP contribution >= 0.6 is 22.9 Å². The molecular weight excluding hydrogens is 388 g/mol. The smallest absolute Gasteiger partial charge is 0.326 e. The van der Waals surface area contributed by atoms with E-state index in [1.165, 1.54) is 11.3 Å². The number of benzene rings is 1. The maximum Gasteiger partial charge on any atom is 0.326 e. The predicted molar refractivity (Wildman–Crippen MR) is 104 cm³/mol.